The normalized spacial score (nSPS) is 18.3. The number of aromatic nitrogens is 1. The molecule has 1 aliphatic rings. The minimum absolute atomic E-state index is 0.0559. The summed E-state index contributed by atoms with van der Waals surface area (Å²) in [6.45, 7) is 9.45. The van der Waals surface area contributed by atoms with Gasteiger partial charge in [-0.3, -0.25) is 14.4 Å². The van der Waals surface area contributed by atoms with Crippen LogP contribution in [0.25, 0.3) is 10.9 Å². The molecule has 0 saturated heterocycles. The molecule has 0 aliphatic heterocycles. The van der Waals surface area contributed by atoms with Crippen LogP contribution in [0.15, 0.2) is 48.5 Å². The molecule has 1 aliphatic carbocycles. The molecule has 3 aromatic rings. The van der Waals surface area contributed by atoms with E-state index in [-0.39, 0.29) is 24.9 Å². The Morgan fingerprint density at radius 2 is 1.74 bits per heavy atom. The van der Waals surface area contributed by atoms with Gasteiger partial charge in [0, 0.05) is 23.0 Å². The van der Waals surface area contributed by atoms with Gasteiger partial charge in [0.25, 0.3) is 0 Å². The van der Waals surface area contributed by atoms with Crippen LogP contribution >= 0.6 is 0 Å². The lowest BCUT2D eigenvalue weighted by Crippen LogP contribution is -2.67. The summed E-state index contributed by atoms with van der Waals surface area (Å²) in [5.74, 6) is -2.14. The molecule has 0 bridgehead atoms. The second-order valence-electron chi connectivity index (χ2n) is 12.0. The molecule has 10 nitrogen and oxygen atoms in total. The minimum atomic E-state index is -1.38. The van der Waals surface area contributed by atoms with Crippen molar-refractivity contribution in [2.24, 2.45) is 17.6 Å². The van der Waals surface area contributed by atoms with Gasteiger partial charge < -0.3 is 31.4 Å². The van der Waals surface area contributed by atoms with Crippen molar-refractivity contribution >= 4 is 34.7 Å². The number of aryl methyl sites for hydroxylation is 2. The first-order valence-electron chi connectivity index (χ1n) is 14.9. The van der Waals surface area contributed by atoms with E-state index in [0.717, 1.165) is 33.3 Å². The van der Waals surface area contributed by atoms with E-state index in [1.807, 2.05) is 63.2 Å². The average Bonchev–Trinajstić information content (AvgIpc) is 3.33. The van der Waals surface area contributed by atoms with Gasteiger partial charge in [-0.2, -0.15) is 0 Å². The van der Waals surface area contributed by atoms with Crippen LogP contribution in [0, 0.1) is 18.8 Å². The van der Waals surface area contributed by atoms with Crippen molar-refractivity contribution in [3.05, 3.63) is 70.9 Å². The summed E-state index contributed by atoms with van der Waals surface area (Å²) in [6, 6.07) is 13.5. The highest BCUT2D eigenvalue weighted by Gasteiger charge is 2.46. The number of benzene rings is 2. The van der Waals surface area contributed by atoms with Gasteiger partial charge in [-0.05, 0) is 54.4 Å². The first kappa shape index (κ1) is 31.6. The fraction of sp³-hybridized carbons (Fsp3) is 0.455. The standard InChI is InChI=1S/C33H43N5O5/c1-6-21(5)28(37-32(42)43-18-22-10-8-7-9-11-22)30(40)38-33(31(41)36-27(19(2)3)29(34)39)15-14-25-24(17-33)23-13-12-20(4)16-26(23)35-25/h7-13,16,19,21,27-28,35H,6,14-15,17-18H2,1-5H3,(H2,34,39)(H,36,41)(H,37,42)(H,38,40)/t21-,27-,28-,33-/m0/s1. The maximum absolute atomic E-state index is 14.1. The zero-order chi connectivity index (χ0) is 31.3. The molecule has 6 N–H and O–H groups in total. The van der Waals surface area contributed by atoms with E-state index in [1.54, 1.807) is 13.8 Å². The van der Waals surface area contributed by atoms with Crippen LogP contribution < -0.4 is 21.7 Å². The SMILES string of the molecule is CC[C@H](C)[C@H](NC(=O)OCc1ccccc1)C(=O)N[C@@]1(C(=O)N[C@H](C(N)=O)C(C)C)CCc2[nH]c3cc(C)ccc3c2C1. The zero-order valence-electron chi connectivity index (χ0n) is 25.6. The Balaban J connectivity index is 1.63. The van der Waals surface area contributed by atoms with Crippen molar-refractivity contribution in [3.63, 3.8) is 0 Å². The van der Waals surface area contributed by atoms with Crippen LogP contribution in [0.3, 0.4) is 0 Å². The van der Waals surface area contributed by atoms with Gasteiger partial charge >= 0.3 is 6.09 Å². The van der Waals surface area contributed by atoms with Gasteiger partial charge in [0.2, 0.25) is 17.7 Å². The Labute approximate surface area is 252 Å². The minimum Gasteiger partial charge on any atom is -0.445 e. The maximum atomic E-state index is 14.1. The van der Waals surface area contributed by atoms with Gasteiger partial charge in [-0.15, -0.1) is 0 Å². The molecule has 0 spiro atoms. The summed E-state index contributed by atoms with van der Waals surface area (Å²) in [4.78, 5) is 56.6. The van der Waals surface area contributed by atoms with E-state index < -0.39 is 41.4 Å². The van der Waals surface area contributed by atoms with Crippen LogP contribution in [0.5, 0.6) is 0 Å². The lowest BCUT2D eigenvalue weighted by atomic mass is 9.78. The number of carbonyl (C=O) groups excluding carboxylic acids is 4. The van der Waals surface area contributed by atoms with Crippen LogP contribution in [-0.2, 0) is 38.6 Å². The van der Waals surface area contributed by atoms with Crippen LogP contribution in [0.1, 0.15) is 62.9 Å². The second kappa shape index (κ2) is 13.3. The van der Waals surface area contributed by atoms with E-state index in [0.29, 0.717) is 19.3 Å². The Hall–Kier alpha value is -4.34. The highest BCUT2D eigenvalue weighted by molar-refractivity contribution is 5.98. The van der Waals surface area contributed by atoms with Gasteiger partial charge in [-0.25, -0.2) is 4.79 Å². The van der Waals surface area contributed by atoms with Gasteiger partial charge in [0.1, 0.15) is 24.2 Å². The number of hydrogen-bond acceptors (Lipinski definition) is 5. The summed E-state index contributed by atoms with van der Waals surface area (Å²) in [6.07, 6.45) is 0.866. The number of aromatic amines is 1. The zero-order valence-corrected chi connectivity index (χ0v) is 25.6. The van der Waals surface area contributed by atoms with Gasteiger partial charge in [0.05, 0.1) is 0 Å². The number of ether oxygens (including phenoxy) is 1. The van der Waals surface area contributed by atoms with Crippen molar-refractivity contribution in [1.82, 2.24) is 20.9 Å². The smallest absolute Gasteiger partial charge is 0.408 e. The molecule has 4 rings (SSSR count). The van der Waals surface area contributed by atoms with E-state index in [2.05, 4.69) is 27.0 Å². The number of nitrogens with two attached hydrogens (primary N) is 1. The van der Waals surface area contributed by atoms with Crippen LogP contribution in [0.2, 0.25) is 0 Å². The van der Waals surface area contributed by atoms with Crippen molar-refractivity contribution in [2.75, 3.05) is 0 Å². The molecule has 0 saturated carbocycles. The van der Waals surface area contributed by atoms with E-state index >= 15 is 0 Å². The molecule has 0 unspecified atom stereocenters. The fourth-order valence-corrected chi connectivity index (χ4v) is 5.68. The van der Waals surface area contributed by atoms with E-state index in [1.165, 1.54) is 0 Å². The van der Waals surface area contributed by atoms with E-state index in [9.17, 15) is 19.2 Å². The monoisotopic (exact) mass is 589 g/mol. The average molecular weight is 590 g/mol. The summed E-state index contributed by atoms with van der Waals surface area (Å²) in [5, 5.41) is 9.55. The third kappa shape index (κ3) is 7.18. The molecule has 2 aromatic carbocycles. The largest absolute Gasteiger partial charge is 0.445 e. The van der Waals surface area contributed by atoms with Crippen molar-refractivity contribution < 1.29 is 23.9 Å². The molecule has 0 radical (unpaired) electrons. The predicted octanol–water partition coefficient (Wildman–Crippen LogP) is 3.79. The third-order valence-electron chi connectivity index (χ3n) is 8.47. The van der Waals surface area contributed by atoms with Crippen LogP contribution in [0.4, 0.5) is 4.79 Å². The fourth-order valence-electron chi connectivity index (χ4n) is 5.68. The quantitative estimate of drug-likeness (QED) is 0.230. The number of rotatable bonds is 11. The first-order chi connectivity index (χ1) is 20.4. The number of amides is 4. The molecule has 4 amide bonds. The molecule has 10 heteroatoms. The Kier molecular flexibility index (Phi) is 9.78. The molecule has 0 fully saturated rings. The van der Waals surface area contributed by atoms with Crippen LogP contribution in [-0.4, -0.2) is 46.4 Å². The summed E-state index contributed by atoms with van der Waals surface area (Å²) in [5.41, 5.74) is 9.08. The molecular weight excluding hydrogens is 546 g/mol. The first-order valence-corrected chi connectivity index (χ1v) is 14.9. The summed E-state index contributed by atoms with van der Waals surface area (Å²) in [7, 11) is 0. The van der Waals surface area contributed by atoms with Crippen molar-refractivity contribution in [2.45, 2.75) is 84.5 Å². The van der Waals surface area contributed by atoms with E-state index in [4.69, 9.17) is 10.5 Å². The van der Waals surface area contributed by atoms with Crippen molar-refractivity contribution in [3.8, 4) is 0 Å². The summed E-state index contributed by atoms with van der Waals surface area (Å²) < 4.78 is 5.40. The van der Waals surface area contributed by atoms with Crippen molar-refractivity contribution in [1.29, 1.82) is 0 Å². The number of nitrogens with one attached hydrogen (secondary N) is 4. The highest BCUT2D eigenvalue weighted by atomic mass is 16.5. The number of fused-ring (bicyclic) bond motifs is 3. The lowest BCUT2D eigenvalue weighted by Gasteiger charge is -2.39. The highest BCUT2D eigenvalue weighted by Crippen LogP contribution is 2.35. The molecule has 230 valence electrons. The van der Waals surface area contributed by atoms with Gasteiger partial charge in [0.15, 0.2) is 0 Å². The Morgan fingerprint density at radius 3 is 2.40 bits per heavy atom. The number of H-pyrrole nitrogens is 1. The van der Waals surface area contributed by atoms with Gasteiger partial charge in [-0.1, -0.05) is 76.6 Å². The number of carbonyl (C=O) groups is 4. The number of primary amides is 1. The third-order valence-corrected chi connectivity index (χ3v) is 8.47. The number of hydrogen-bond donors (Lipinski definition) is 5. The molecule has 1 heterocycles. The summed E-state index contributed by atoms with van der Waals surface area (Å²) >= 11 is 0. The Bertz CT molecular complexity index is 1480. The second-order valence-corrected chi connectivity index (χ2v) is 12.0. The topological polar surface area (TPSA) is 155 Å². The molecule has 43 heavy (non-hydrogen) atoms. The molecular formula is C33H43N5O5. The Morgan fingerprint density at radius 1 is 1.02 bits per heavy atom. The predicted molar refractivity (Wildman–Crippen MR) is 165 cm³/mol. The maximum Gasteiger partial charge on any atom is 0.408 e. The molecule has 4 atom stereocenters. The molecule has 1 aromatic heterocycles. The number of alkyl carbamates (subject to hydrolysis) is 1. The lowest BCUT2D eigenvalue weighted by molar-refractivity contribution is -0.137.